The second-order valence-electron chi connectivity index (χ2n) is 6.52. The lowest BCUT2D eigenvalue weighted by molar-refractivity contribution is -0.118. The summed E-state index contributed by atoms with van der Waals surface area (Å²) >= 11 is 14.9. The lowest BCUT2D eigenvalue weighted by Crippen LogP contribution is -2.44. The molecule has 1 aromatic carbocycles. The number of nitrogens with one attached hydrogen (secondary N) is 2. The number of anilines is 1. The number of benzene rings is 1. The van der Waals surface area contributed by atoms with Crippen molar-refractivity contribution in [1.82, 2.24) is 15.5 Å². The lowest BCUT2D eigenvalue weighted by atomic mass is 10.1. The number of nitrogens with zero attached hydrogens (tertiary/aromatic N) is 2. The Labute approximate surface area is 182 Å². The van der Waals surface area contributed by atoms with Gasteiger partial charge in [0.1, 0.15) is 11.0 Å². The Morgan fingerprint density at radius 3 is 2.64 bits per heavy atom. The number of rotatable bonds is 9. The predicted octanol–water partition coefficient (Wildman–Crippen LogP) is 4.53. The van der Waals surface area contributed by atoms with Crippen molar-refractivity contribution >= 4 is 63.2 Å². The summed E-state index contributed by atoms with van der Waals surface area (Å²) in [5.74, 6) is 0.399. The predicted molar refractivity (Wildman–Crippen MR) is 118 cm³/mol. The molecule has 1 unspecified atom stereocenters. The van der Waals surface area contributed by atoms with Crippen molar-refractivity contribution in [2.45, 2.75) is 32.7 Å². The van der Waals surface area contributed by atoms with E-state index in [2.05, 4.69) is 34.7 Å². The van der Waals surface area contributed by atoms with Gasteiger partial charge in [-0.3, -0.25) is 14.9 Å². The van der Waals surface area contributed by atoms with Crippen molar-refractivity contribution in [2.75, 3.05) is 17.3 Å². The van der Waals surface area contributed by atoms with Crippen LogP contribution in [0.25, 0.3) is 0 Å². The van der Waals surface area contributed by atoms with Crippen LogP contribution >= 0.6 is 46.3 Å². The lowest BCUT2D eigenvalue weighted by Gasteiger charge is -2.17. The third kappa shape index (κ3) is 6.92. The van der Waals surface area contributed by atoms with Crippen LogP contribution in [0.15, 0.2) is 18.2 Å². The van der Waals surface area contributed by atoms with Crippen LogP contribution in [-0.2, 0) is 11.2 Å². The number of halogens is 2. The molecule has 0 aliphatic carbocycles. The van der Waals surface area contributed by atoms with Crippen LogP contribution < -0.4 is 10.6 Å². The van der Waals surface area contributed by atoms with Gasteiger partial charge < -0.3 is 5.32 Å². The van der Waals surface area contributed by atoms with Gasteiger partial charge in [0.15, 0.2) is 0 Å². The van der Waals surface area contributed by atoms with Gasteiger partial charge in [-0.1, -0.05) is 48.4 Å². The van der Waals surface area contributed by atoms with E-state index >= 15 is 0 Å². The highest BCUT2D eigenvalue weighted by atomic mass is 35.5. The topological polar surface area (TPSA) is 84.0 Å². The molecule has 0 saturated heterocycles. The Bertz CT molecular complexity index is 830. The Morgan fingerprint density at radius 2 is 2.00 bits per heavy atom. The van der Waals surface area contributed by atoms with Gasteiger partial charge in [-0.15, -0.1) is 10.2 Å². The second-order valence-corrected chi connectivity index (χ2v) is 9.41. The summed E-state index contributed by atoms with van der Waals surface area (Å²) in [4.78, 5) is 25.3. The summed E-state index contributed by atoms with van der Waals surface area (Å²) in [7, 11) is 0. The Kier molecular flexibility index (Phi) is 9.01. The number of hydrogen-bond acceptors (Lipinski definition) is 6. The maximum atomic E-state index is 12.7. The molecule has 0 spiro atoms. The molecule has 2 amide bonds. The highest BCUT2D eigenvalue weighted by Gasteiger charge is 2.23. The van der Waals surface area contributed by atoms with Gasteiger partial charge in [-0.2, -0.15) is 11.8 Å². The molecule has 28 heavy (non-hydrogen) atoms. The molecule has 0 saturated carbocycles. The maximum absolute atomic E-state index is 12.7. The van der Waals surface area contributed by atoms with E-state index in [0.29, 0.717) is 28.2 Å². The fraction of sp³-hybridized carbons (Fsp3) is 0.444. The molecular formula is C18H22Cl2N4O2S2. The van der Waals surface area contributed by atoms with Crippen molar-refractivity contribution < 1.29 is 9.59 Å². The smallest absolute Gasteiger partial charge is 0.253 e. The first-order chi connectivity index (χ1) is 13.3. The van der Waals surface area contributed by atoms with Crippen LogP contribution in [0.3, 0.4) is 0 Å². The molecule has 0 aliphatic heterocycles. The molecule has 152 valence electrons. The van der Waals surface area contributed by atoms with Crippen LogP contribution in [-0.4, -0.2) is 40.1 Å². The molecule has 0 fully saturated rings. The van der Waals surface area contributed by atoms with E-state index < -0.39 is 11.9 Å². The number of hydrogen-bond donors (Lipinski definition) is 2. The highest BCUT2D eigenvalue weighted by Crippen LogP contribution is 2.22. The third-order valence-corrected chi connectivity index (χ3v) is 5.74. The molecule has 6 nitrogen and oxygen atoms in total. The van der Waals surface area contributed by atoms with Crippen molar-refractivity contribution in [3.8, 4) is 0 Å². The summed E-state index contributed by atoms with van der Waals surface area (Å²) in [6.45, 7) is 4.19. The SMILES string of the molecule is CSCCC(NC(=O)c1ccc(Cl)cc1Cl)C(=O)Nc1nnc(CC(C)C)s1. The molecule has 2 rings (SSSR count). The molecule has 0 bridgehead atoms. The van der Waals surface area contributed by atoms with Crippen LogP contribution in [0.5, 0.6) is 0 Å². The Hall–Kier alpha value is -1.35. The van der Waals surface area contributed by atoms with Crippen molar-refractivity contribution in [3.05, 3.63) is 38.8 Å². The van der Waals surface area contributed by atoms with Gasteiger partial charge in [-0.05, 0) is 42.5 Å². The molecule has 1 atom stereocenters. The van der Waals surface area contributed by atoms with E-state index in [4.69, 9.17) is 23.2 Å². The highest BCUT2D eigenvalue weighted by molar-refractivity contribution is 7.98. The van der Waals surface area contributed by atoms with E-state index in [1.165, 1.54) is 23.5 Å². The summed E-state index contributed by atoms with van der Waals surface area (Å²) in [6, 6.07) is 3.89. The molecule has 10 heteroatoms. The maximum Gasteiger partial charge on any atom is 0.253 e. The minimum atomic E-state index is -0.718. The van der Waals surface area contributed by atoms with Gasteiger partial charge in [0.2, 0.25) is 11.0 Å². The number of aromatic nitrogens is 2. The zero-order valence-corrected chi connectivity index (χ0v) is 18.9. The van der Waals surface area contributed by atoms with Crippen molar-refractivity contribution in [2.24, 2.45) is 5.92 Å². The number of carbonyl (C=O) groups is 2. The van der Waals surface area contributed by atoms with Gasteiger partial charge in [-0.25, -0.2) is 0 Å². The Balaban J connectivity index is 2.07. The molecule has 0 aliphatic rings. The summed E-state index contributed by atoms with van der Waals surface area (Å²) in [5, 5.41) is 15.6. The molecule has 1 aromatic heterocycles. The number of carbonyl (C=O) groups excluding carboxylic acids is 2. The largest absolute Gasteiger partial charge is 0.340 e. The summed E-state index contributed by atoms with van der Waals surface area (Å²) in [5.41, 5.74) is 0.267. The number of thioether (sulfide) groups is 1. The summed E-state index contributed by atoms with van der Waals surface area (Å²) < 4.78 is 0. The zero-order valence-electron chi connectivity index (χ0n) is 15.8. The summed E-state index contributed by atoms with van der Waals surface area (Å²) in [6.07, 6.45) is 3.21. The van der Waals surface area contributed by atoms with Crippen LogP contribution in [0.1, 0.15) is 35.6 Å². The first kappa shape index (κ1) is 22.9. The van der Waals surface area contributed by atoms with Gasteiger partial charge >= 0.3 is 0 Å². The van der Waals surface area contributed by atoms with Gasteiger partial charge in [0.25, 0.3) is 5.91 Å². The molecule has 2 aromatic rings. The van der Waals surface area contributed by atoms with E-state index in [1.54, 1.807) is 17.8 Å². The average Bonchev–Trinajstić information content (AvgIpc) is 3.04. The fourth-order valence-corrected chi connectivity index (χ4v) is 4.26. The zero-order chi connectivity index (χ0) is 20.7. The number of amides is 2. The average molecular weight is 461 g/mol. The van der Waals surface area contributed by atoms with Gasteiger partial charge in [0, 0.05) is 11.4 Å². The minimum absolute atomic E-state index is 0.233. The van der Waals surface area contributed by atoms with Crippen molar-refractivity contribution in [3.63, 3.8) is 0 Å². The van der Waals surface area contributed by atoms with Gasteiger partial charge in [0.05, 0.1) is 10.6 Å². The second kappa shape index (κ2) is 11.0. The molecule has 2 N–H and O–H groups in total. The van der Waals surface area contributed by atoms with E-state index in [9.17, 15) is 9.59 Å². The van der Waals surface area contributed by atoms with Crippen LogP contribution in [0.2, 0.25) is 10.0 Å². The first-order valence-corrected chi connectivity index (χ1v) is 11.6. The monoisotopic (exact) mass is 460 g/mol. The Morgan fingerprint density at radius 1 is 1.25 bits per heavy atom. The quantitative estimate of drug-likeness (QED) is 0.573. The van der Waals surface area contributed by atoms with Crippen LogP contribution in [0, 0.1) is 5.92 Å². The standard InChI is InChI=1S/C18H22Cl2N4O2S2/c1-10(2)8-15-23-24-18(28-15)22-17(26)14(6-7-27-3)21-16(25)12-5-4-11(19)9-13(12)20/h4-5,9-10,14H,6-8H2,1-3H3,(H,21,25)(H,22,24,26). The molecule has 0 radical (unpaired) electrons. The minimum Gasteiger partial charge on any atom is -0.340 e. The van der Waals surface area contributed by atoms with E-state index in [-0.39, 0.29) is 16.5 Å². The van der Waals surface area contributed by atoms with Crippen LogP contribution in [0.4, 0.5) is 5.13 Å². The third-order valence-electron chi connectivity index (χ3n) is 3.69. The first-order valence-electron chi connectivity index (χ1n) is 8.68. The normalized spacial score (nSPS) is 12.1. The van der Waals surface area contributed by atoms with E-state index in [1.807, 2.05) is 6.26 Å². The molecule has 1 heterocycles. The fourth-order valence-electron chi connectivity index (χ4n) is 2.34. The van der Waals surface area contributed by atoms with E-state index in [0.717, 1.165) is 11.4 Å². The van der Waals surface area contributed by atoms with Crippen molar-refractivity contribution in [1.29, 1.82) is 0 Å². The molecular weight excluding hydrogens is 439 g/mol.